The zero-order chi connectivity index (χ0) is 15.9. The Morgan fingerprint density at radius 2 is 1.91 bits per heavy atom. The van der Waals surface area contributed by atoms with Crippen LogP contribution in [0.5, 0.6) is 0 Å². The van der Waals surface area contributed by atoms with Crippen molar-refractivity contribution in [3.05, 3.63) is 29.8 Å². The van der Waals surface area contributed by atoms with Crippen molar-refractivity contribution in [1.29, 1.82) is 0 Å². The number of rotatable bonds is 6. The largest absolute Gasteiger partial charge is 0.369 e. The molecule has 2 rings (SSSR count). The normalized spacial score (nSPS) is 17.0. The molecular formula is C17H25N3O2. The monoisotopic (exact) mass is 303 g/mol. The van der Waals surface area contributed by atoms with Crippen LogP contribution in [0.15, 0.2) is 24.3 Å². The lowest BCUT2D eigenvalue weighted by atomic mass is 9.84. The Hall–Kier alpha value is -1.88. The molecule has 4 N–H and O–H groups in total. The smallest absolute Gasteiger partial charge is 0.224 e. The standard InChI is InChI=1S/C17H25N3O2/c1-12(14-6-8-19-9-7-14)10-17(22)20-15-4-2-13(3-5-15)11-16(18)21/h2-5,12,14,19H,6-11H2,1H3,(H2,18,21)(H,20,22). The SMILES string of the molecule is CC(CC(=O)Nc1ccc(CC(N)=O)cc1)C1CCNCC1. The second-order valence-electron chi connectivity index (χ2n) is 6.16. The number of piperidine rings is 1. The highest BCUT2D eigenvalue weighted by atomic mass is 16.1. The Bertz CT molecular complexity index is 507. The molecule has 0 aliphatic carbocycles. The van der Waals surface area contributed by atoms with E-state index in [9.17, 15) is 9.59 Å². The number of benzene rings is 1. The molecule has 0 spiro atoms. The minimum Gasteiger partial charge on any atom is -0.369 e. The van der Waals surface area contributed by atoms with Gasteiger partial charge in [-0.15, -0.1) is 0 Å². The average Bonchev–Trinajstić information content (AvgIpc) is 2.49. The maximum absolute atomic E-state index is 12.1. The van der Waals surface area contributed by atoms with Crippen molar-refractivity contribution in [2.24, 2.45) is 17.6 Å². The minimum absolute atomic E-state index is 0.0497. The van der Waals surface area contributed by atoms with Gasteiger partial charge < -0.3 is 16.4 Å². The summed E-state index contributed by atoms with van der Waals surface area (Å²) >= 11 is 0. The van der Waals surface area contributed by atoms with Gasteiger partial charge in [-0.1, -0.05) is 19.1 Å². The second-order valence-corrected chi connectivity index (χ2v) is 6.16. The maximum Gasteiger partial charge on any atom is 0.224 e. The average molecular weight is 303 g/mol. The molecule has 120 valence electrons. The van der Waals surface area contributed by atoms with Crippen LogP contribution < -0.4 is 16.4 Å². The van der Waals surface area contributed by atoms with Gasteiger partial charge in [0, 0.05) is 12.1 Å². The molecule has 1 unspecified atom stereocenters. The molecular weight excluding hydrogens is 278 g/mol. The molecule has 1 aliphatic rings. The van der Waals surface area contributed by atoms with E-state index in [0.29, 0.717) is 18.3 Å². The first kappa shape index (κ1) is 16.5. The fourth-order valence-electron chi connectivity index (χ4n) is 2.99. The molecule has 1 aliphatic heterocycles. The molecule has 1 heterocycles. The van der Waals surface area contributed by atoms with Gasteiger partial charge >= 0.3 is 0 Å². The van der Waals surface area contributed by atoms with E-state index in [0.717, 1.165) is 37.2 Å². The summed E-state index contributed by atoms with van der Waals surface area (Å²) in [5.41, 5.74) is 6.77. The van der Waals surface area contributed by atoms with Crippen LogP contribution in [0, 0.1) is 11.8 Å². The van der Waals surface area contributed by atoms with Crippen LogP contribution in [-0.2, 0) is 16.0 Å². The number of anilines is 1. The molecule has 22 heavy (non-hydrogen) atoms. The number of hydrogen-bond donors (Lipinski definition) is 3. The summed E-state index contributed by atoms with van der Waals surface area (Å²) < 4.78 is 0. The molecule has 0 bridgehead atoms. The van der Waals surface area contributed by atoms with E-state index in [1.54, 1.807) is 0 Å². The Morgan fingerprint density at radius 1 is 1.27 bits per heavy atom. The summed E-state index contributed by atoms with van der Waals surface area (Å²) in [5, 5.41) is 6.27. The van der Waals surface area contributed by atoms with Crippen LogP contribution in [0.3, 0.4) is 0 Å². The van der Waals surface area contributed by atoms with Crippen molar-refractivity contribution >= 4 is 17.5 Å². The summed E-state index contributed by atoms with van der Waals surface area (Å²) in [6, 6.07) is 7.25. The third-order valence-corrected chi connectivity index (χ3v) is 4.31. The van der Waals surface area contributed by atoms with E-state index < -0.39 is 0 Å². The first-order valence-corrected chi connectivity index (χ1v) is 7.92. The number of carbonyl (C=O) groups excluding carboxylic acids is 2. The summed E-state index contributed by atoms with van der Waals surface area (Å²) in [4.78, 5) is 23.0. The molecule has 0 radical (unpaired) electrons. The number of nitrogens with two attached hydrogens (primary N) is 1. The summed E-state index contributed by atoms with van der Waals surface area (Å²) in [7, 11) is 0. The first-order valence-electron chi connectivity index (χ1n) is 7.92. The van der Waals surface area contributed by atoms with Crippen LogP contribution in [0.2, 0.25) is 0 Å². The minimum atomic E-state index is -0.354. The van der Waals surface area contributed by atoms with Gasteiger partial charge in [-0.05, 0) is 55.5 Å². The number of hydrogen-bond acceptors (Lipinski definition) is 3. The molecule has 1 fully saturated rings. The van der Waals surface area contributed by atoms with Crippen molar-refractivity contribution in [1.82, 2.24) is 5.32 Å². The highest BCUT2D eigenvalue weighted by Gasteiger charge is 2.21. The van der Waals surface area contributed by atoms with E-state index in [2.05, 4.69) is 17.6 Å². The molecule has 1 atom stereocenters. The molecule has 0 saturated carbocycles. The summed E-state index contributed by atoms with van der Waals surface area (Å²) in [5.74, 6) is 0.724. The fourth-order valence-corrected chi connectivity index (χ4v) is 2.99. The Morgan fingerprint density at radius 3 is 2.50 bits per heavy atom. The van der Waals surface area contributed by atoms with Crippen molar-refractivity contribution < 1.29 is 9.59 Å². The van der Waals surface area contributed by atoms with Gasteiger partial charge in [0.1, 0.15) is 0 Å². The highest BCUT2D eigenvalue weighted by Crippen LogP contribution is 2.24. The second kappa shape index (κ2) is 7.94. The number of amides is 2. The topological polar surface area (TPSA) is 84.2 Å². The van der Waals surface area contributed by atoms with E-state index in [-0.39, 0.29) is 18.2 Å². The number of nitrogens with one attached hydrogen (secondary N) is 2. The van der Waals surface area contributed by atoms with Crippen LogP contribution in [-0.4, -0.2) is 24.9 Å². The Kier molecular flexibility index (Phi) is 5.95. The van der Waals surface area contributed by atoms with E-state index >= 15 is 0 Å². The van der Waals surface area contributed by atoms with Crippen molar-refractivity contribution in [3.63, 3.8) is 0 Å². The Labute approximate surface area is 131 Å². The van der Waals surface area contributed by atoms with Crippen molar-refractivity contribution in [2.45, 2.75) is 32.6 Å². The van der Waals surface area contributed by atoms with Gasteiger partial charge in [0.15, 0.2) is 0 Å². The van der Waals surface area contributed by atoms with Gasteiger partial charge in [0.25, 0.3) is 0 Å². The maximum atomic E-state index is 12.1. The first-order chi connectivity index (χ1) is 10.5. The number of carbonyl (C=O) groups is 2. The molecule has 5 heteroatoms. The Balaban J connectivity index is 1.82. The quantitative estimate of drug-likeness (QED) is 0.747. The van der Waals surface area contributed by atoms with Crippen LogP contribution in [0.1, 0.15) is 31.7 Å². The molecule has 5 nitrogen and oxygen atoms in total. The number of primary amides is 1. The van der Waals surface area contributed by atoms with Crippen LogP contribution >= 0.6 is 0 Å². The lowest BCUT2D eigenvalue weighted by molar-refractivity contribution is -0.118. The molecule has 0 aromatic heterocycles. The lowest BCUT2D eigenvalue weighted by Crippen LogP contribution is -2.32. The summed E-state index contributed by atoms with van der Waals surface area (Å²) in [6.07, 6.45) is 3.07. The van der Waals surface area contributed by atoms with Gasteiger partial charge in [-0.3, -0.25) is 9.59 Å². The zero-order valence-corrected chi connectivity index (χ0v) is 13.1. The van der Waals surface area contributed by atoms with Gasteiger partial charge in [0.05, 0.1) is 6.42 Å². The fraction of sp³-hybridized carbons (Fsp3) is 0.529. The third kappa shape index (κ3) is 5.15. The zero-order valence-electron chi connectivity index (χ0n) is 13.1. The third-order valence-electron chi connectivity index (χ3n) is 4.31. The molecule has 1 aromatic rings. The van der Waals surface area contributed by atoms with Crippen LogP contribution in [0.25, 0.3) is 0 Å². The van der Waals surface area contributed by atoms with Gasteiger partial charge in [0.2, 0.25) is 11.8 Å². The lowest BCUT2D eigenvalue weighted by Gasteiger charge is -2.27. The van der Waals surface area contributed by atoms with Crippen molar-refractivity contribution in [3.8, 4) is 0 Å². The predicted octanol–water partition coefficient (Wildman–Crippen LogP) is 1.68. The van der Waals surface area contributed by atoms with Gasteiger partial charge in [-0.25, -0.2) is 0 Å². The summed E-state index contributed by atoms with van der Waals surface area (Å²) in [6.45, 7) is 4.27. The molecule has 2 amide bonds. The van der Waals surface area contributed by atoms with Crippen LogP contribution in [0.4, 0.5) is 5.69 Å². The molecule has 1 aromatic carbocycles. The van der Waals surface area contributed by atoms with Crippen molar-refractivity contribution in [2.75, 3.05) is 18.4 Å². The van der Waals surface area contributed by atoms with Gasteiger partial charge in [-0.2, -0.15) is 0 Å². The van der Waals surface area contributed by atoms with E-state index in [4.69, 9.17) is 5.73 Å². The molecule has 1 saturated heterocycles. The predicted molar refractivity (Wildman–Crippen MR) is 87.3 cm³/mol. The van der Waals surface area contributed by atoms with E-state index in [1.807, 2.05) is 24.3 Å². The van der Waals surface area contributed by atoms with E-state index in [1.165, 1.54) is 0 Å². The highest BCUT2D eigenvalue weighted by molar-refractivity contribution is 5.90.